The van der Waals surface area contributed by atoms with Crippen molar-refractivity contribution in [2.75, 3.05) is 12.3 Å². The number of ether oxygens (including phenoxy) is 1. The predicted molar refractivity (Wildman–Crippen MR) is 81.5 cm³/mol. The van der Waals surface area contributed by atoms with Crippen LogP contribution in [0.1, 0.15) is 12.6 Å². The topological polar surface area (TPSA) is 186 Å². The summed E-state index contributed by atoms with van der Waals surface area (Å²) in [7, 11) is 0. The van der Waals surface area contributed by atoms with E-state index in [0.717, 1.165) is 4.57 Å². The number of aliphatic hydroxyl groups is 3. The van der Waals surface area contributed by atoms with Gasteiger partial charge in [-0.3, -0.25) is 18.7 Å². The van der Waals surface area contributed by atoms with Crippen molar-refractivity contribution in [3.05, 3.63) is 16.7 Å². The van der Waals surface area contributed by atoms with E-state index in [1.165, 1.54) is 10.9 Å². The van der Waals surface area contributed by atoms with Crippen LogP contribution in [0, 0.1) is 0 Å². The summed E-state index contributed by atoms with van der Waals surface area (Å²) in [6, 6.07) is 0. The number of carboxylic acids is 1. The van der Waals surface area contributed by atoms with Crippen LogP contribution in [0.5, 0.6) is 0 Å². The van der Waals surface area contributed by atoms with Gasteiger partial charge in [0, 0.05) is 6.54 Å². The number of imidazole rings is 1. The highest BCUT2D eigenvalue weighted by Crippen LogP contribution is 2.30. The van der Waals surface area contributed by atoms with Gasteiger partial charge >= 0.3 is 5.97 Å². The van der Waals surface area contributed by atoms with Crippen LogP contribution in [0.4, 0.5) is 5.95 Å². The number of hydrogen-bond donors (Lipinski definition) is 5. The SMILES string of the molecule is Nc1nc2c(ncn2[C@@H]2O[C@H](CO)[C@@H](O)[C@H]2O)c(=O)n1CCC(=O)O. The molecule has 2 aromatic rings. The molecule has 2 aromatic heterocycles. The Balaban J connectivity index is 2.03. The first-order chi connectivity index (χ1) is 11.8. The average molecular weight is 355 g/mol. The highest BCUT2D eigenvalue weighted by Gasteiger charge is 2.44. The Labute approximate surface area is 139 Å². The molecular formula is C13H17N5O7. The van der Waals surface area contributed by atoms with E-state index in [2.05, 4.69) is 9.97 Å². The number of carboxylic acid groups (broad SMARTS) is 1. The fraction of sp³-hybridized carbons (Fsp3) is 0.538. The molecule has 25 heavy (non-hydrogen) atoms. The van der Waals surface area contributed by atoms with Crippen molar-refractivity contribution in [3.8, 4) is 0 Å². The molecule has 0 unspecified atom stereocenters. The molecule has 0 aliphatic carbocycles. The van der Waals surface area contributed by atoms with Gasteiger partial charge in [-0.15, -0.1) is 0 Å². The summed E-state index contributed by atoms with van der Waals surface area (Å²) < 4.78 is 7.61. The van der Waals surface area contributed by atoms with Gasteiger partial charge in [-0.2, -0.15) is 4.98 Å². The van der Waals surface area contributed by atoms with Crippen LogP contribution in [0.15, 0.2) is 11.1 Å². The first kappa shape index (κ1) is 17.3. The minimum Gasteiger partial charge on any atom is -0.481 e. The number of aliphatic carboxylic acids is 1. The molecule has 0 amide bonds. The third kappa shape index (κ3) is 2.84. The van der Waals surface area contributed by atoms with E-state index < -0.39 is 42.7 Å². The number of aliphatic hydroxyl groups excluding tert-OH is 3. The fourth-order valence-corrected chi connectivity index (χ4v) is 2.74. The van der Waals surface area contributed by atoms with Gasteiger partial charge in [-0.25, -0.2) is 4.98 Å². The number of rotatable bonds is 5. The van der Waals surface area contributed by atoms with Crippen molar-refractivity contribution in [3.63, 3.8) is 0 Å². The Kier molecular flexibility index (Phi) is 4.43. The molecule has 4 atom stereocenters. The van der Waals surface area contributed by atoms with Crippen molar-refractivity contribution in [1.82, 2.24) is 19.1 Å². The number of nitrogens with two attached hydrogens (primary N) is 1. The van der Waals surface area contributed by atoms with Crippen molar-refractivity contribution in [2.45, 2.75) is 37.5 Å². The van der Waals surface area contributed by atoms with Gasteiger partial charge in [0.15, 0.2) is 17.4 Å². The van der Waals surface area contributed by atoms with Crippen LogP contribution in [0.25, 0.3) is 11.2 Å². The van der Waals surface area contributed by atoms with Gasteiger partial charge in [-0.05, 0) is 0 Å². The summed E-state index contributed by atoms with van der Waals surface area (Å²) >= 11 is 0. The largest absolute Gasteiger partial charge is 0.481 e. The molecule has 12 heteroatoms. The van der Waals surface area contributed by atoms with Gasteiger partial charge in [0.1, 0.15) is 18.3 Å². The third-order valence-electron chi connectivity index (χ3n) is 4.05. The Hall–Kier alpha value is -2.54. The van der Waals surface area contributed by atoms with Gasteiger partial charge in [-0.1, -0.05) is 0 Å². The molecule has 3 rings (SSSR count). The van der Waals surface area contributed by atoms with Gasteiger partial charge in [0.25, 0.3) is 5.56 Å². The third-order valence-corrected chi connectivity index (χ3v) is 4.05. The smallest absolute Gasteiger partial charge is 0.305 e. The quantitative estimate of drug-likeness (QED) is 0.376. The molecule has 1 aliphatic heterocycles. The summed E-state index contributed by atoms with van der Waals surface area (Å²) in [4.78, 5) is 31.1. The Morgan fingerprint density at radius 2 is 2.08 bits per heavy atom. The molecule has 12 nitrogen and oxygen atoms in total. The normalized spacial score (nSPS) is 26.4. The molecule has 0 radical (unpaired) electrons. The summed E-state index contributed by atoms with van der Waals surface area (Å²) in [5, 5.41) is 37.8. The van der Waals surface area contributed by atoms with Crippen molar-refractivity contribution in [1.29, 1.82) is 0 Å². The average Bonchev–Trinajstić information content (AvgIpc) is 3.09. The molecule has 3 heterocycles. The zero-order chi connectivity index (χ0) is 18.3. The van der Waals surface area contributed by atoms with E-state index in [1.54, 1.807) is 0 Å². The molecule has 136 valence electrons. The lowest BCUT2D eigenvalue weighted by Gasteiger charge is -2.17. The molecule has 0 saturated carbocycles. The monoisotopic (exact) mass is 355 g/mol. The highest BCUT2D eigenvalue weighted by molar-refractivity contribution is 5.71. The highest BCUT2D eigenvalue weighted by atomic mass is 16.6. The lowest BCUT2D eigenvalue weighted by molar-refractivity contribution is -0.137. The number of nitrogen functional groups attached to an aromatic ring is 1. The second-order valence-corrected chi connectivity index (χ2v) is 5.62. The molecule has 1 aliphatic rings. The van der Waals surface area contributed by atoms with E-state index in [-0.39, 0.29) is 30.1 Å². The number of fused-ring (bicyclic) bond motifs is 1. The van der Waals surface area contributed by atoms with E-state index >= 15 is 0 Å². The van der Waals surface area contributed by atoms with Crippen LogP contribution in [-0.2, 0) is 16.1 Å². The Morgan fingerprint density at radius 3 is 2.68 bits per heavy atom. The maximum absolute atomic E-state index is 12.4. The molecular weight excluding hydrogens is 338 g/mol. The Bertz CT molecular complexity index is 862. The number of carbonyl (C=O) groups is 1. The fourth-order valence-electron chi connectivity index (χ4n) is 2.74. The van der Waals surface area contributed by atoms with Crippen LogP contribution in [0.3, 0.4) is 0 Å². The minimum absolute atomic E-state index is 0.0175. The minimum atomic E-state index is -1.37. The molecule has 0 aromatic carbocycles. The summed E-state index contributed by atoms with van der Waals surface area (Å²) in [5.74, 6) is -1.31. The number of aromatic nitrogens is 4. The second kappa shape index (κ2) is 6.40. The lowest BCUT2D eigenvalue weighted by atomic mass is 10.1. The standard InChI is InChI=1S/C13H17N5O7/c14-13-16-10-7(11(24)17(13)2-1-6(20)21)15-4-18(10)12-9(23)8(22)5(3-19)25-12/h4-5,8-9,12,19,22-23H,1-3H2,(H2,14,16)(H,20,21)/t5-,8-,9-,12-/m1/s1. The van der Waals surface area contributed by atoms with Crippen LogP contribution in [-0.4, -0.2) is 70.4 Å². The predicted octanol–water partition coefficient (Wildman–Crippen LogP) is -2.74. The Morgan fingerprint density at radius 1 is 1.36 bits per heavy atom. The molecule has 0 bridgehead atoms. The maximum atomic E-state index is 12.4. The van der Waals surface area contributed by atoms with Gasteiger partial charge < -0.3 is 30.9 Å². The number of nitrogens with zero attached hydrogens (tertiary/aromatic N) is 4. The van der Waals surface area contributed by atoms with Crippen molar-refractivity contribution in [2.24, 2.45) is 0 Å². The maximum Gasteiger partial charge on any atom is 0.305 e. The first-order valence-corrected chi connectivity index (χ1v) is 7.42. The summed E-state index contributed by atoms with van der Waals surface area (Å²) in [5.41, 5.74) is 5.04. The summed E-state index contributed by atoms with van der Waals surface area (Å²) in [6.07, 6.45) is -3.91. The summed E-state index contributed by atoms with van der Waals surface area (Å²) in [6.45, 7) is -0.664. The molecule has 1 saturated heterocycles. The van der Waals surface area contributed by atoms with Crippen LogP contribution >= 0.6 is 0 Å². The van der Waals surface area contributed by atoms with E-state index in [9.17, 15) is 19.8 Å². The number of anilines is 1. The van der Waals surface area contributed by atoms with E-state index in [4.69, 9.17) is 20.7 Å². The van der Waals surface area contributed by atoms with E-state index in [1.807, 2.05) is 0 Å². The molecule has 0 spiro atoms. The van der Waals surface area contributed by atoms with Crippen molar-refractivity contribution >= 4 is 23.1 Å². The van der Waals surface area contributed by atoms with Gasteiger partial charge in [0.2, 0.25) is 5.95 Å². The number of hydrogen-bond acceptors (Lipinski definition) is 9. The molecule has 6 N–H and O–H groups in total. The van der Waals surface area contributed by atoms with Crippen LogP contribution in [0.2, 0.25) is 0 Å². The second-order valence-electron chi connectivity index (χ2n) is 5.62. The van der Waals surface area contributed by atoms with Crippen molar-refractivity contribution < 1.29 is 30.0 Å². The zero-order valence-corrected chi connectivity index (χ0v) is 12.9. The zero-order valence-electron chi connectivity index (χ0n) is 12.9. The first-order valence-electron chi connectivity index (χ1n) is 7.42. The van der Waals surface area contributed by atoms with Gasteiger partial charge in [0.05, 0.1) is 19.4 Å². The van der Waals surface area contributed by atoms with Crippen LogP contribution < -0.4 is 11.3 Å². The lowest BCUT2D eigenvalue weighted by Crippen LogP contribution is -2.33. The van der Waals surface area contributed by atoms with E-state index in [0.29, 0.717) is 0 Å². The molecule has 1 fully saturated rings.